The lowest BCUT2D eigenvalue weighted by atomic mass is 10.1. The molecule has 0 unspecified atom stereocenters. The lowest BCUT2D eigenvalue weighted by molar-refractivity contribution is 0.232. The van der Waals surface area contributed by atoms with Crippen LogP contribution in [-0.2, 0) is 6.42 Å². The maximum Gasteiger partial charge on any atom is 0.218 e. The van der Waals surface area contributed by atoms with Crippen molar-refractivity contribution < 1.29 is 4.74 Å². The third kappa shape index (κ3) is 4.53. The highest BCUT2D eigenvalue weighted by Gasteiger charge is 2.02. The van der Waals surface area contributed by atoms with Gasteiger partial charge in [0.15, 0.2) is 0 Å². The number of rotatable bonds is 6. The van der Waals surface area contributed by atoms with Crippen molar-refractivity contribution in [3.8, 4) is 5.88 Å². The van der Waals surface area contributed by atoms with E-state index in [-0.39, 0.29) is 6.10 Å². The average molecular weight is 271 g/mol. The Balaban J connectivity index is 1.87. The monoisotopic (exact) mass is 271 g/mol. The molecule has 1 heterocycles. The minimum Gasteiger partial charge on any atom is -0.475 e. The largest absolute Gasteiger partial charge is 0.475 e. The number of anilines is 1. The quantitative estimate of drug-likeness (QED) is 0.876. The number of benzene rings is 1. The molecule has 2 aromatic rings. The molecule has 0 saturated heterocycles. The van der Waals surface area contributed by atoms with Crippen molar-refractivity contribution >= 4 is 5.82 Å². The zero-order chi connectivity index (χ0) is 14.4. The first-order valence-electron chi connectivity index (χ1n) is 6.91. The molecule has 0 amide bonds. The SMILES string of the molecule is Cc1cccc(CCNc2cc(OC(C)C)ncn2)c1. The molecule has 0 saturated carbocycles. The highest BCUT2D eigenvalue weighted by atomic mass is 16.5. The van der Waals surface area contributed by atoms with Crippen LogP contribution in [0.3, 0.4) is 0 Å². The number of aromatic nitrogens is 2. The van der Waals surface area contributed by atoms with Crippen LogP contribution in [0.15, 0.2) is 36.7 Å². The zero-order valence-electron chi connectivity index (χ0n) is 12.3. The van der Waals surface area contributed by atoms with Crippen LogP contribution < -0.4 is 10.1 Å². The number of hydrogen-bond acceptors (Lipinski definition) is 4. The number of aryl methyl sites for hydroxylation is 1. The van der Waals surface area contributed by atoms with E-state index in [2.05, 4.69) is 46.5 Å². The molecule has 0 atom stereocenters. The summed E-state index contributed by atoms with van der Waals surface area (Å²) in [5.74, 6) is 1.40. The van der Waals surface area contributed by atoms with E-state index in [1.807, 2.05) is 19.9 Å². The molecule has 4 nitrogen and oxygen atoms in total. The second-order valence-electron chi connectivity index (χ2n) is 5.07. The minimum absolute atomic E-state index is 0.116. The van der Waals surface area contributed by atoms with Gasteiger partial charge < -0.3 is 10.1 Å². The maximum atomic E-state index is 5.54. The summed E-state index contributed by atoms with van der Waals surface area (Å²) < 4.78 is 5.54. The lowest BCUT2D eigenvalue weighted by Gasteiger charge is -2.10. The summed E-state index contributed by atoms with van der Waals surface area (Å²) >= 11 is 0. The number of nitrogens with one attached hydrogen (secondary N) is 1. The van der Waals surface area contributed by atoms with Crippen LogP contribution in [0.4, 0.5) is 5.82 Å². The smallest absolute Gasteiger partial charge is 0.218 e. The van der Waals surface area contributed by atoms with Gasteiger partial charge in [-0.05, 0) is 32.8 Å². The van der Waals surface area contributed by atoms with Gasteiger partial charge >= 0.3 is 0 Å². The summed E-state index contributed by atoms with van der Waals surface area (Å²) in [5, 5.41) is 3.30. The molecule has 0 radical (unpaired) electrons. The lowest BCUT2D eigenvalue weighted by Crippen LogP contribution is -2.09. The summed E-state index contributed by atoms with van der Waals surface area (Å²) in [6, 6.07) is 10.4. The Morgan fingerprint density at radius 2 is 2.05 bits per heavy atom. The van der Waals surface area contributed by atoms with Gasteiger partial charge in [-0.25, -0.2) is 9.97 Å². The summed E-state index contributed by atoms with van der Waals surface area (Å²) in [6.45, 7) is 6.90. The van der Waals surface area contributed by atoms with Crippen molar-refractivity contribution in [2.24, 2.45) is 0 Å². The molecule has 0 spiro atoms. The molecule has 0 aliphatic heterocycles. The van der Waals surface area contributed by atoms with E-state index in [1.165, 1.54) is 17.5 Å². The van der Waals surface area contributed by atoms with E-state index in [0.717, 1.165) is 18.8 Å². The normalized spacial score (nSPS) is 10.6. The molecular weight excluding hydrogens is 250 g/mol. The van der Waals surface area contributed by atoms with Crippen molar-refractivity contribution in [3.63, 3.8) is 0 Å². The fourth-order valence-electron chi connectivity index (χ4n) is 1.94. The number of nitrogens with zero attached hydrogens (tertiary/aromatic N) is 2. The topological polar surface area (TPSA) is 47.0 Å². The molecule has 106 valence electrons. The van der Waals surface area contributed by atoms with Gasteiger partial charge in [-0.1, -0.05) is 29.8 Å². The van der Waals surface area contributed by atoms with E-state index in [9.17, 15) is 0 Å². The van der Waals surface area contributed by atoms with Gasteiger partial charge in [0.1, 0.15) is 12.1 Å². The Bertz CT molecular complexity index is 555. The van der Waals surface area contributed by atoms with Gasteiger partial charge in [-0.2, -0.15) is 0 Å². The highest BCUT2D eigenvalue weighted by molar-refractivity contribution is 5.37. The molecule has 0 aliphatic rings. The van der Waals surface area contributed by atoms with Crippen LogP contribution in [0, 0.1) is 6.92 Å². The summed E-state index contributed by atoms with van der Waals surface area (Å²) in [6.07, 6.45) is 2.60. The Labute approximate surface area is 120 Å². The van der Waals surface area contributed by atoms with Crippen LogP contribution in [0.5, 0.6) is 5.88 Å². The number of ether oxygens (including phenoxy) is 1. The molecular formula is C16H21N3O. The van der Waals surface area contributed by atoms with Crippen molar-refractivity contribution in [1.82, 2.24) is 9.97 Å². The summed E-state index contributed by atoms with van der Waals surface area (Å²) in [7, 11) is 0. The average Bonchev–Trinajstić information content (AvgIpc) is 2.38. The fraction of sp³-hybridized carbons (Fsp3) is 0.375. The molecule has 1 aromatic heterocycles. The third-order valence-electron chi connectivity index (χ3n) is 2.80. The fourth-order valence-corrected chi connectivity index (χ4v) is 1.94. The van der Waals surface area contributed by atoms with Gasteiger partial charge in [0.25, 0.3) is 0 Å². The van der Waals surface area contributed by atoms with Gasteiger partial charge in [0.05, 0.1) is 6.10 Å². The first-order chi connectivity index (χ1) is 9.63. The van der Waals surface area contributed by atoms with Gasteiger partial charge in [0, 0.05) is 12.6 Å². The van der Waals surface area contributed by atoms with Crippen LogP contribution in [0.25, 0.3) is 0 Å². The first kappa shape index (κ1) is 14.3. The van der Waals surface area contributed by atoms with E-state index in [4.69, 9.17) is 4.74 Å². The Hall–Kier alpha value is -2.10. The second-order valence-corrected chi connectivity index (χ2v) is 5.07. The van der Waals surface area contributed by atoms with Crippen molar-refractivity contribution in [3.05, 3.63) is 47.8 Å². The Morgan fingerprint density at radius 1 is 1.20 bits per heavy atom. The van der Waals surface area contributed by atoms with E-state index >= 15 is 0 Å². The predicted molar refractivity (Wildman–Crippen MR) is 81.2 cm³/mol. The highest BCUT2D eigenvalue weighted by Crippen LogP contribution is 2.12. The predicted octanol–water partition coefficient (Wildman–Crippen LogP) is 3.23. The van der Waals surface area contributed by atoms with E-state index in [0.29, 0.717) is 5.88 Å². The van der Waals surface area contributed by atoms with Gasteiger partial charge in [0.2, 0.25) is 5.88 Å². The van der Waals surface area contributed by atoms with Crippen LogP contribution in [0.2, 0.25) is 0 Å². The Morgan fingerprint density at radius 3 is 2.80 bits per heavy atom. The van der Waals surface area contributed by atoms with Crippen molar-refractivity contribution in [2.45, 2.75) is 33.3 Å². The maximum absolute atomic E-state index is 5.54. The van der Waals surface area contributed by atoms with Crippen LogP contribution in [0.1, 0.15) is 25.0 Å². The molecule has 0 fully saturated rings. The second kappa shape index (κ2) is 6.89. The summed E-state index contributed by atoms with van der Waals surface area (Å²) in [5.41, 5.74) is 2.61. The third-order valence-corrected chi connectivity index (χ3v) is 2.80. The van der Waals surface area contributed by atoms with Gasteiger partial charge in [-0.3, -0.25) is 0 Å². The standard InChI is InChI=1S/C16H21N3O/c1-12(2)20-16-10-15(18-11-19-16)17-8-7-14-6-4-5-13(3)9-14/h4-6,9-12H,7-8H2,1-3H3,(H,17,18,19). The van der Waals surface area contributed by atoms with E-state index < -0.39 is 0 Å². The molecule has 4 heteroatoms. The van der Waals surface area contributed by atoms with Crippen molar-refractivity contribution in [2.75, 3.05) is 11.9 Å². The zero-order valence-corrected chi connectivity index (χ0v) is 12.3. The van der Waals surface area contributed by atoms with Crippen molar-refractivity contribution in [1.29, 1.82) is 0 Å². The molecule has 0 bridgehead atoms. The molecule has 2 rings (SSSR count). The summed E-state index contributed by atoms with van der Waals surface area (Å²) in [4.78, 5) is 8.28. The van der Waals surface area contributed by atoms with Crippen LogP contribution in [-0.4, -0.2) is 22.6 Å². The Kier molecular flexibility index (Phi) is 4.93. The number of hydrogen-bond donors (Lipinski definition) is 1. The van der Waals surface area contributed by atoms with Gasteiger partial charge in [-0.15, -0.1) is 0 Å². The molecule has 1 aromatic carbocycles. The molecule has 1 N–H and O–H groups in total. The van der Waals surface area contributed by atoms with Crippen LogP contribution >= 0.6 is 0 Å². The first-order valence-corrected chi connectivity index (χ1v) is 6.91. The molecule has 0 aliphatic carbocycles. The molecule has 20 heavy (non-hydrogen) atoms. The minimum atomic E-state index is 0.116. The van der Waals surface area contributed by atoms with E-state index in [1.54, 1.807) is 0 Å².